The number of aryl methyl sites for hydroxylation is 2. The molecule has 0 radical (unpaired) electrons. The first-order valence-corrected chi connectivity index (χ1v) is 11.4. The van der Waals surface area contributed by atoms with Crippen molar-refractivity contribution < 1.29 is 14.0 Å². The van der Waals surface area contributed by atoms with Gasteiger partial charge in [0.1, 0.15) is 11.6 Å². The molecule has 2 aromatic rings. The Morgan fingerprint density at radius 2 is 1.72 bits per heavy atom. The average Bonchev–Trinajstić information content (AvgIpc) is 3.25. The van der Waals surface area contributed by atoms with Gasteiger partial charge in [-0.2, -0.15) is 0 Å². The molecule has 1 unspecified atom stereocenters. The molecule has 4 rings (SSSR count). The topological polar surface area (TPSA) is 66.4 Å². The van der Waals surface area contributed by atoms with Gasteiger partial charge in [-0.1, -0.05) is 18.2 Å². The van der Waals surface area contributed by atoms with Crippen LogP contribution in [0.1, 0.15) is 54.9 Å². The van der Waals surface area contributed by atoms with Crippen LogP contribution in [0.2, 0.25) is 0 Å². The molecular formula is C25H31FN4O2. The number of halogens is 1. The number of carbonyl (C=O) groups is 2. The van der Waals surface area contributed by atoms with E-state index >= 15 is 0 Å². The molecule has 0 saturated carbocycles. The Balaban J connectivity index is 1.56. The van der Waals surface area contributed by atoms with Crippen LogP contribution in [0.25, 0.3) is 0 Å². The summed E-state index contributed by atoms with van der Waals surface area (Å²) in [5.74, 6) is 0.713. The van der Waals surface area contributed by atoms with Gasteiger partial charge in [-0.15, -0.1) is 0 Å². The van der Waals surface area contributed by atoms with Crippen molar-refractivity contribution in [3.63, 3.8) is 0 Å². The number of hydrogen-bond acceptors (Lipinski definition) is 4. The van der Waals surface area contributed by atoms with Crippen molar-refractivity contribution in [3.8, 4) is 0 Å². The van der Waals surface area contributed by atoms with E-state index in [0.717, 1.165) is 23.6 Å². The zero-order chi connectivity index (χ0) is 22.9. The van der Waals surface area contributed by atoms with Crippen LogP contribution >= 0.6 is 0 Å². The van der Waals surface area contributed by atoms with Crippen molar-refractivity contribution in [3.05, 3.63) is 58.9 Å². The molecule has 0 N–H and O–H groups in total. The summed E-state index contributed by atoms with van der Waals surface area (Å²) in [5, 5.41) is 0. The Bertz CT molecular complexity index is 997. The van der Waals surface area contributed by atoms with Gasteiger partial charge in [0.2, 0.25) is 11.8 Å². The molecule has 1 aromatic carbocycles. The fourth-order valence-electron chi connectivity index (χ4n) is 5.15. The number of aromatic nitrogens is 2. The summed E-state index contributed by atoms with van der Waals surface area (Å²) in [7, 11) is 0. The van der Waals surface area contributed by atoms with Crippen LogP contribution in [-0.4, -0.2) is 57.8 Å². The lowest BCUT2D eigenvalue weighted by atomic mass is 9.72. The number of nitrogens with zero attached hydrogens (tertiary/aromatic N) is 4. The molecule has 0 bridgehead atoms. The monoisotopic (exact) mass is 438 g/mol. The third kappa shape index (κ3) is 4.52. The minimum Gasteiger partial charge on any atom is -0.343 e. The molecule has 6 nitrogen and oxygen atoms in total. The van der Waals surface area contributed by atoms with Crippen molar-refractivity contribution >= 4 is 11.8 Å². The van der Waals surface area contributed by atoms with Crippen LogP contribution < -0.4 is 0 Å². The molecule has 170 valence electrons. The van der Waals surface area contributed by atoms with Crippen molar-refractivity contribution in [1.82, 2.24) is 19.8 Å². The maximum absolute atomic E-state index is 14.5. The maximum atomic E-state index is 14.5. The van der Waals surface area contributed by atoms with Gasteiger partial charge in [-0.05, 0) is 57.2 Å². The van der Waals surface area contributed by atoms with Crippen LogP contribution in [0.5, 0.6) is 0 Å². The number of likely N-dealkylation sites (tertiary alicyclic amines) is 2. The van der Waals surface area contributed by atoms with Gasteiger partial charge in [-0.3, -0.25) is 9.59 Å². The van der Waals surface area contributed by atoms with Crippen molar-refractivity contribution in [2.75, 3.05) is 26.2 Å². The standard InChI is InChI=1S/C25H31FN4O2/c1-17-14-18(2)28-23(27-17)21-8-11-30(16-21)24(32)25(9-12-29(13-10-25)19(3)31)15-20-6-4-5-7-22(20)26/h4-7,14,21H,8-13,15-16H2,1-3H3. The second-order valence-electron chi connectivity index (χ2n) is 9.30. The van der Waals surface area contributed by atoms with Gasteiger partial charge in [0.25, 0.3) is 0 Å². The number of rotatable bonds is 4. The SMILES string of the molecule is CC(=O)N1CCC(Cc2ccccc2F)(C(=O)N2CCC(c3nc(C)cc(C)n3)C2)CC1. The molecule has 2 amide bonds. The highest BCUT2D eigenvalue weighted by atomic mass is 19.1. The normalized spacial score (nSPS) is 20.4. The molecule has 0 aliphatic carbocycles. The number of amides is 2. The molecule has 1 aromatic heterocycles. The Labute approximate surface area is 188 Å². The van der Waals surface area contributed by atoms with E-state index < -0.39 is 5.41 Å². The summed E-state index contributed by atoms with van der Waals surface area (Å²) in [6, 6.07) is 8.64. The lowest BCUT2D eigenvalue weighted by Gasteiger charge is -2.42. The summed E-state index contributed by atoms with van der Waals surface area (Å²) >= 11 is 0. The molecule has 2 aliphatic rings. The van der Waals surface area contributed by atoms with Crippen molar-refractivity contribution in [2.45, 2.75) is 52.4 Å². The number of carbonyl (C=O) groups excluding carboxylic acids is 2. The van der Waals surface area contributed by atoms with Crippen LogP contribution in [0.15, 0.2) is 30.3 Å². The number of benzene rings is 1. The third-order valence-electron chi connectivity index (χ3n) is 6.95. The second-order valence-corrected chi connectivity index (χ2v) is 9.30. The van der Waals surface area contributed by atoms with E-state index in [9.17, 15) is 14.0 Å². The summed E-state index contributed by atoms with van der Waals surface area (Å²) in [6.45, 7) is 7.75. The Hall–Kier alpha value is -2.83. The van der Waals surface area contributed by atoms with Gasteiger partial charge in [-0.25, -0.2) is 14.4 Å². The van der Waals surface area contributed by atoms with E-state index in [1.165, 1.54) is 6.07 Å². The van der Waals surface area contributed by atoms with Gasteiger partial charge in [0, 0.05) is 50.4 Å². The molecular weight excluding hydrogens is 407 g/mol. The fraction of sp³-hybridized carbons (Fsp3) is 0.520. The fourth-order valence-corrected chi connectivity index (χ4v) is 5.15. The number of hydrogen-bond donors (Lipinski definition) is 0. The van der Waals surface area contributed by atoms with E-state index in [-0.39, 0.29) is 23.5 Å². The molecule has 0 spiro atoms. The van der Waals surface area contributed by atoms with Gasteiger partial charge < -0.3 is 9.80 Å². The minimum absolute atomic E-state index is 0.0187. The minimum atomic E-state index is -0.702. The molecule has 2 saturated heterocycles. The molecule has 7 heteroatoms. The van der Waals surface area contributed by atoms with Crippen molar-refractivity contribution in [1.29, 1.82) is 0 Å². The maximum Gasteiger partial charge on any atom is 0.229 e. The highest BCUT2D eigenvalue weighted by Crippen LogP contribution is 2.40. The summed E-state index contributed by atoms with van der Waals surface area (Å²) < 4.78 is 14.5. The van der Waals surface area contributed by atoms with E-state index in [4.69, 9.17) is 0 Å². The van der Waals surface area contributed by atoms with Crippen LogP contribution in [0.4, 0.5) is 4.39 Å². The molecule has 1 atom stereocenters. The number of piperidine rings is 1. The molecule has 32 heavy (non-hydrogen) atoms. The summed E-state index contributed by atoms with van der Waals surface area (Å²) in [4.78, 5) is 38.6. The predicted molar refractivity (Wildman–Crippen MR) is 119 cm³/mol. The first kappa shape index (κ1) is 22.4. The zero-order valence-electron chi connectivity index (χ0n) is 19.1. The van der Waals surface area contributed by atoms with Crippen LogP contribution in [0.3, 0.4) is 0 Å². The highest BCUT2D eigenvalue weighted by molar-refractivity contribution is 5.84. The predicted octanol–water partition coefficient (Wildman–Crippen LogP) is 3.42. The largest absolute Gasteiger partial charge is 0.343 e. The third-order valence-corrected chi connectivity index (χ3v) is 6.95. The average molecular weight is 439 g/mol. The Kier molecular flexibility index (Phi) is 6.26. The lowest BCUT2D eigenvalue weighted by molar-refractivity contribution is -0.147. The highest BCUT2D eigenvalue weighted by Gasteiger charge is 2.46. The summed E-state index contributed by atoms with van der Waals surface area (Å²) in [5.41, 5.74) is 1.73. The molecule has 2 fully saturated rings. The zero-order valence-corrected chi connectivity index (χ0v) is 19.1. The summed E-state index contributed by atoms with van der Waals surface area (Å²) in [6.07, 6.45) is 2.26. The molecule has 3 heterocycles. The van der Waals surface area contributed by atoms with Crippen molar-refractivity contribution in [2.24, 2.45) is 5.41 Å². The van der Waals surface area contributed by atoms with Crippen LogP contribution in [-0.2, 0) is 16.0 Å². The Morgan fingerprint density at radius 1 is 1.06 bits per heavy atom. The first-order chi connectivity index (χ1) is 15.3. The van der Waals surface area contributed by atoms with Crippen LogP contribution in [0, 0.1) is 25.1 Å². The van der Waals surface area contributed by atoms with E-state index in [1.807, 2.05) is 30.9 Å². The van der Waals surface area contributed by atoms with E-state index in [1.54, 1.807) is 24.0 Å². The van der Waals surface area contributed by atoms with E-state index in [2.05, 4.69) is 9.97 Å². The second kappa shape index (κ2) is 8.96. The van der Waals surface area contributed by atoms with Gasteiger partial charge in [0.05, 0.1) is 5.41 Å². The van der Waals surface area contributed by atoms with E-state index in [0.29, 0.717) is 51.0 Å². The molecule has 2 aliphatic heterocycles. The van der Waals surface area contributed by atoms with Gasteiger partial charge >= 0.3 is 0 Å². The Morgan fingerprint density at radius 3 is 2.34 bits per heavy atom. The lowest BCUT2D eigenvalue weighted by Crippen LogP contribution is -2.51. The smallest absolute Gasteiger partial charge is 0.229 e. The quantitative estimate of drug-likeness (QED) is 0.734. The van der Waals surface area contributed by atoms with Gasteiger partial charge in [0.15, 0.2) is 0 Å². The first-order valence-electron chi connectivity index (χ1n) is 11.4.